The van der Waals surface area contributed by atoms with Crippen LogP contribution in [0.4, 0.5) is 0 Å². The Morgan fingerprint density at radius 1 is 1.00 bits per heavy atom. The fourth-order valence-corrected chi connectivity index (χ4v) is 2.60. The van der Waals surface area contributed by atoms with Crippen LogP contribution in [0.15, 0.2) is 54.6 Å². The molecule has 0 fully saturated rings. The van der Waals surface area contributed by atoms with Gasteiger partial charge in [-0.25, -0.2) is 0 Å². The van der Waals surface area contributed by atoms with Gasteiger partial charge < -0.3 is 5.11 Å². The third-order valence-electron chi connectivity index (χ3n) is 3.31. The number of aliphatic hydroxyl groups excluding tert-OH is 1. The lowest BCUT2D eigenvalue weighted by Crippen LogP contribution is -2.29. The zero-order valence-electron chi connectivity index (χ0n) is 10.4. The van der Waals surface area contributed by atoms with Crippen LogP contribution in [0.5, 0.6) is 0 Å². The van der Waals surface area contributed by atoms with Crippen LogP contribution in [0.2, 0.25) is 5.02 Å². The van der Waals surface area contributed by atoms with Crippen LogP contribution >= 0.6 is 11.6 Å². The van der Waals surface area contributed by atoms with Crippen molar-refractivity contribution in [2.45, 2.75) is 18.8 Å². The summed E-state index contributed by atoms with van der Waals surface area (Å²) in [6, 6.07) is 17.9. The first kappa shape index (κ1) is 13.1. The SMILES string of the molecule is CC(CO)(Cc1ccccc1)c1ccccc1Cl. The Bertz CT molecular complexity index is 510. The molecule has 0 saturated heterocycles. The van der Waals surface area contributed by atoms with Gasteiger partial charge in [0.1, 0.15) is 0 Å². The number of benzene rings is 2. The molecule has 0 spiro atoms. The summed E-state index contributed by atoms with van der Waals surface area (Å²) in [6.07, 6.45) is 0.772. The molecule has 0 aromatic heterocycles. The van der Waals surface area contributed by atoms with E-state index < -0.39 is 0 Å². The van der Waals surface area contributed by atoms with Gasteiger partial charge in [0, 0.05) is 10.4 Å². The summed E-state index contributed by atoms with van der Waals surface area (Å²) in [5.74, 6) is 0. The van der Waals surface area contributed by atoms with Crippen LogP contribution in [0.1, 0.15) is 18.1 Å². The maximum absolute atomic E-state index is 9.77. The number of aliphatic hydroxyl groups is 1. The molecule has 2 heteroatoms. The van der Waals surface area contributed by atoms with Crippen molar-refractivity contribution in [2.75, 3.05) is 6.61 Å². The lowest BCUT2D eigenvalue weighted by atomic mass is 9.78. The van der Waals surface area contributed by atoms with E-state index in [1.807, 2.05) is 49.4 Å². The second-order valence-corrected chi connectivity index (χ2v) is 5.27. The van der Waals surface area contributed by atoms with E-state index in [0.717, 1.165) is 12.0 Å². The topological polar surface area (TPSA) is 20.2 Å². The minimum atomic E-state index is -0.348. The molecule has 18 heavy (non-hydrogen) atoms. The molecule has 0 aliphatic carbocycles. The summed E-state index contributed by atoms with van der Waals surface area (Å²) in [5.41, 5.74) is 1.85. The van der Waals surface area contributed by atoms with Gasteiger partial charge in [0.2, 0.25) is 0 Å². The van der Waals surface area contributed by atoms with Crippen LogP contribution in [-0.2, 0) is 11.8 Å². The van der Waals surface area contributed by atoms with E-state index in [9.17, 15) is 5.11 Å². The highest BCUT2D eigenvalue weighted by Gasteiger charge is 2.28. The molecule has 0 aliphatic heterocycles. The molecule has 94 valence electrons. The van der Waals surface area contributed by atoms with Gasteiger partial charge in [-0.05, 0) is 23.6 Å². The number of hydrogen-bond donors (Lipinski definition) is 1. The van der Waals surface area contributed by atoms with E-state index in [2.05, 4.69) is 12.1 Å². The lowest BCUT2D eigenvalue weighted by molar-refractivity contribution is 0.205. The molecular formula is C16H17ClO. The fraction of sp³-hybridized carbons (Fsp3) is 0.250. The Morgan fingerprint density at radius 3 is 2.22 bits per heavy atom. The molecule has 0 aliphatic rings. The smallest absolute Gasteiger partial charge is 0.0529 e. The summed E-state index contributed by atoms with van der Waals surface area (Å²) in [6.45, 7) is 2.12. The molecular weight excluding hydrogens is 244 g/mol. The summed E-state index contributed by atoms with van der Waals surface area (Å²) in [7, 11) is 0. The summed E-state index contributed by atoms with van der Waals surface area (Å²) in [5, 5.41) is 10.5. The minimum absolute atomic E-state index is 0.0750. The molecule has 0 heterocycles. The van der Waals surface area contributed by atoms with Crippen LogP contribution in [0, 0.1) is 0 Å². The zero-order valence-corrected chi connectivity index (χ0v) is 11.2. The standard InChI is InChI=1S/C16H17ClO/c1-16(12-18,11-13-7-3-2-4-8-13)14-9-5-6-10-15(14)17/h2-10,18H,11-12H2,1H3. The first-order valence-electron chi connectivity index (χ1n) is 6.05. The maximum atomic E-state index is 9.77. The van der Waals surface area contributed by atoms with Crippen molar-refractivity contribution < 1.29 is 5.11 Å². The Hall–Kier alpha value is -1.31. The first-order valence-corrected chi connectivity index (χ1v) is 6.43. The molecule has 2 rings (SSSR count). The van der Waals surface area contributed by atoms with Crippen molar-refractivity contribution in [3.8, 4) is 0 Å². The van der Waals surface area contributed by atoms with Gasteiger partial charge in [0.05, 0.1) is 6.61 Å². The third-order valence-corrected chi connectivity index (χ3v) is 3.64. The fourth-order valence-electron chi connectivity index (χ4n) is 2.23. The second-order valence-electron chi connectivity index (χ2n) is 4.86. The average Bonchev–Trinajstić information content (AvgIpc) is 2.40. The van der Waals surface area contributed by atoms with Gasteiger partial charge in [-0.1, -0.05) is 67.1 Å². The van der Waals surface area contributed by atoms with Crippen LogP contribution in [0.3, 0.4) is 0 Å². The molecule has 2 aromatic rings. The highest BCUT2D eigenvalue weighted by Crippen LogP contribution is 2.32. The van der Waals surface area contributed by atoms with Crippen molar-refractivity contribution in [1.82, 2.24) is 0 Å². The lowest BCUT2D eigenvalue weighted by Gasteiger charge is -2.29. The predicted molar refractivity (Wildman–Crippen MR) is 76.0 cm³/mol. The van der Waals surface area contributed by atoms with Crippen molar-refractivity contribution in [2.24, 2.45) is 0 Å². The average molecular weight is 261 g/mol. The Balaban J connectivity index is 2.34. The minimum Gasteiger partial charge on any atom is -0.395 e. The van der Waals surface area contributed by atoms with E-state index in [0.29, 0.717) is 5.02 Å². The molecule has 1 unspecified atom stereocenters. The molecule has 0 amide bonds. The zero-order chi connectivity index (χ0) is 13.0. The highest BCUT2D eigenvalue weighted by molar-refractivity contribution is 6.31. The largest absolute Gasteiger partial charge is 0.395 e. The molecule has 2 aromatic carbocycles. The Kier molecular flexibility index (Phi) is 4.05. The third kappa shape index (κ3) is 2.74. The van der Waals surface area contributed by atoms with Crippen molar-refractivity contribution in [3.63, 3.8) is 0 Å². The van der Waals surface area contributed by atoms with Gasteiger partial charge in [-0.3, -0.25) is 0 Å². The Labute approximate surface area is 113 Å². The molecule has 0 saturated carbocycles. The maximum Gasteiger partial charge on any atom is 0.0529 e. The number of halogens is 1. The first-order chi connectivity index (χ1) is 8.65. The van der Waals surface area contributed by atoms with Gasteiger partial charge in [0.25, 0.3) is 0 Å². The van der Waals surface area contributed by atoms with Gasteiger partial charge in [0.15, 0.2) is 0 Å². The quantitative estimate of drug-likeness (QED) is 0.886. The summed E-state index contributed by atoms with van der Waals surface area (Å²) in [4.78, 5) is 0. The van der Waals surface area contributed by atoms with Crippen molar-refractivity contribution >= 4 is 11.6 Å². The van der Waals surface area contributed by atoms with Crippen molar-refractivity contribution in [1.29, 1.82) is 0 Å². The van der Waals surface area contributed by atoms with Crippen LogP contribution in [-0.4, -0.2) is 11.7 Å². The molecule has 1 nitrogen and oxygen atoms in total. The number of hydrogen-bond acceptors (Lipinski definition) is 1. The van der Waals surface area contributed by atoms with E-state index in [1.54, 1.807) is 0 Å². The number of rotatable bonds is 4. The van der Waals surface area contributed by atoms with E-state index >= 15 is 0 Å². The van der Waals surface area contributed by atoms with Crippen molar-refractivity contribution in [3.05, 3.63) is 70.7 Å². The normalized spacial score (nSPS) is 14.2. The van der Waals surface area contributed by atoms with E-state index in [1.165, 1.54) is 5.56 Å². The van der Waals surface area contributed by atoms with Crippen LogP contribution < -0.4 is 0 Å². The highest BCUT2D eigenvalue weighted by atomic mass is 35.5. The predicted octanol–water partition coefficient (Wildman–Crippen LogP) is 3.83. The monoisotopic (exact) mass is 260 g/mol. The molecule has 1 atom stereocenters. The molecule has 0 radical (unpaired) electrons. The Morgan fingerprint density at radius 2 is 1.61 bits per heavy atom. The summed E-state index contributed by atoms with van der Waals surface area (Å²) < 4.78 is 0. The van der Waals surface area contributed by atoms with Gasteiger partial charge >= 0.3 is 0 Å². The van der Waals surface area contributed by atoms with Gasteiger partial charge in [-0.15, -0.1) is 0 Å². The summed E-state index contributed by atoms with van der Waals surface area (Å²) >= 11 is 6.24. The van der Waals surface area contributed by atoms with Crippen LogP contribution in [0.25, 0.3) is 0 Å². The second kappa shape index (κ2) is 5.55. The van der Waals surface area contributed by atoms with Gasteiger partial charge in [-0.2, -0.15) is 0 Å². The molecule has 1 N–H and O–H groups in total. The van der Waals surface area contributed by atoms with E-state index in [4.69, 9.17) is 11.6 Å². The molecule has 0 bridgehead atoms. The van der Waals surface area contributed by atoms with E-state index in [-0.39, 0.29) is 12.0 Å².